The molecule has 112 valence electrons. The van der Waals surface area contributed by atoms with Gasteiger partial charge in [0.15, 0.2) is 0 Å². The van der Waals surface area contributed by atoms with Crippen molar-refractivity contribution in [1.82, 2.24) is 10.3 Å². The molecule has 0 spiro atoms. The molecule has 0 aromatic carbocycles. The molecule has 1 aromatic heterocycles. The third kappa shape index (κ3) is 3.95. The normalized spacial score (nSPS) is 24.6. The van der Waals surface area contributed by atoms with E-state index in [2.05, 4.69) is 24.1 Å². The largest absolute Gasteiger partial charge is 0.308 e. The Bertz CT molecular complexity index is 400. The first-order chi connectivity index (χ1) is 9.76. The molecule has 2 nitrogen and oxygen atoms in total. The Morgan fingerprint density at radius 1 is 1.30 bits per heavy atom. The fourth-order valence-electron chi connectivity index (χ4n) is 3.34. The topological polar surface area (TPSA) is 24.9 Å². The van der Waals surface area contributed by atoms with Crippen LogP contribution in [0.1, 0.15) is 64.1 Å². The summed E-state index contributed by atoms with van der Waals surface area (Å²) in [5.74, 6) is 1.61. The van der Waals surface area contributed by atoms with E-state index in [0.29, 0.717) is 12.0 Å². The number of halogens is 1. The van der Waals surface area contributed by atoms with Crippen molar-refractivity contribution in [3.05, 3.63) is 29.0 Å². The number of pyridine rings is 1. The van der Waals surface area contributed by atoms with E-state index < -0.39 is 0 Å². The van der Waals surface area contributed by atoms with Crippen LogP contribution >= 0.6 is 11.6 Å². The number of rotatable bonds is 6. The number of hydrogen-bond acceptors (Lipinski definition) is 2. The van der Waals surface area contributed by atoms with E-state index in [4.69, 9.17) is 11.6 Å². The summed E-state index contributed by atoms with van der Waals surface area (Å²) in [7, 11) is 0. The number of aromatic nitrogens is 1. The van der Waals surface area contributed by atoms with Gasteiger partial charge >= 0.3 is 0 Å². The van der Waals surface area contributed by atoms with E-state index in [9.17, 15) is 0 Å². The van der Waals surface area contributed by atoms with Crippen LogP contribution < -0.4 is 5.32 Å². The van der Waals surface area contributed by atoms with Gasteiger partial charge in [0.1, 0.15) is 0 Å². The highest BCUT2D eigenvalue weighted by Gasteiger charge is 2.29. The van der Waals surface area contributed by atoms with Gasteiger partial charge in [0.2, 0.25) is 0 Å². The molecule has 2 rings (SSSR count). The summed E-state index contributed by atoms with van der Waals surface area (Å²) in [4.78, 5) is 4.55. The molecule has 1 N–H and O–H groups in total. The van der Waals surface area contributed by atoms with E-state index >= 15 is 0 Å². The molecule has 1 aromatic rings. The third-order valence-corrected chi connectivity index (χ3v) is 4.96. The quantitative estimate of drug-likeness (QED) is 0.799. The first-order valence-electron chi connectivity index (χ1n) is 8.10. The molecule has 1 aliphatic rings. The molecule has 1 heterocycles. The maximum Gasteiger partial charge on any atom is 0.0761 e. The van der Waals surface area contributed by atoms with Crippen molar-refractivity contribution < 1.29 is 0 Å². The molecule has 1 unspecified atom stereocenters. The summed E-state index contributed by atoms with van der Waals surface area (Å²) in [6.45, 7) is 5.55. The van der Waals surface area contributed by atoms with Crippen molar-refractivity contribution in [3.8, 4) is 0 Å². The summed E-state index contributed by atoms with van der Waals surface area (Å²) in [6, 6.07) is 4.19. The molecule has 0 amide bonds. The Morgan fingerprint density at radius 2 is 2.05 bits per heavy atom. The minimum absolute atomic E-state index is 0.321. The highest BCUT2D eigenvalue weighted by atomic mass is 35.5. The summed E-state index contributed by atoms with van der Waals surface area (Å²) in [5, 5.41) is 4.49. The zero-order valence-corrected chi connectivity index (χ0v) is 13.5. The highest BCUT2D eigenvalue weighted by molar-refractivity contribution is 6.31. The van der Waals surface area contributed by atoms with E-state index in [1.165, 1.54) is 32.1 Å². The third-order valence-electron chi connectivity index (χ3n) is 4.64. The van der Waals surface area contributed by atoms with Crippen molar-refractivity contribution in [2.24, 2.45) is 11.8 Å². The molecule has 1 aliphatic carbocycles. The summed E-state index contributed by atoms with van der Waals surface area (Å²) < 4.78 is 0. The lowest BCUT2D eigenvalue weighted by molar-refractivity contribution is 0.216. The molecule has 3 heteroatoms. The Labute approximate surface area is 128 Å². The summed E-state index contributed by atoms with van der Waals surface area (Å²) in [6.07, 6.45) is 9.64. The molecular formula is C17H27ClN2. The number of nitrogens with one attached hydrogen (secondary N) is 1. The number of hydrogen-bond donors (Lipinski definition) is 1. The van der Waals surface area contributed by atoms with Crippen LogP contribution in [0.15, 0.2) is 18.3 Å². The van der Waals surface area contributed by atoms with Crippen molar-refractivity contribution in [2.45, 2.75) is 58.4 Å². The second kappa shape index (κ2) is 7.99. The van der Waals surface area contributed by atoms with Gasteiger partial charge in [-0.05, 0) is 49.8 Å². The zero-order chi connectivity index (χ0) is 14.4. The monoisotopic (exact) mass is 294 g/mol. The van der Waals surface area contributed by atoms with Gasteiger partial charge in [0.05, 0.1) is 16.8 Å². The van der Waals surface area contributed by atoms with Crippen LogP contribution in [0.4, 0.5) is 0 Å². The minimum atomic E-state index is 0.321. The fraction of sp³-hybridized carbons (Fsp3) is 0.706. The van der Waals surface area contributed by atoms with Gasteiger partial charge in [0, 0.05) is 6.20 Å². The van der Waals surface area contributed by atoms with Crippen LogP contribution in [-0.4, -0.2) is 11.5 Å². The zero-order valence-electron chi connectivity index (χ0n) is 12.7. The van der Waals surface area contributed by atoms with Crippen LogP contribution in [0.5, 0.6) is 0 Å². The van der Waals surface area contributed by atoms with E-state index in [-0.39, 0.29) is 0 Å². The van der Waals surface area contributed by atoms with Gasteiger partial charge < -0.3 is 5.32 Å². The average molecular weight is 295 g/mol. The lowest BCUT2D eigenvalue weighted by atomic mass is 9.76. The summed E-state index contributed by atoms with van der Waals surface area (Å²) >= 11 is 6.37. The van der Waals surface area contributed by atoms with Crippen LogP contribution in [0.25, 0.3) is 0 Å². The average Bonchev–Trinajstić information content (AvgIpc) is 2.50. The molecular weight excluding hydrogens is 268 g/mol. The van der Waals surface area contributed by atoms with E-state index in [0.717, 1.165) is 29.6 Å². The second-order valence-electron chi connectivity index (χ2n) is 5.99. The van der Waals surface area contributed by atoms with Crippen LogP contribution in [0, 0.1) is 11.8 Å². The van der Waals surface area contributed by atoms with E-state index in [1.807, 2.05) is 18.3 Å². The van der Waals surface area contributed by atoms with Gasteiger partial charge in [-0.15, -0.1) is 0 Å². The molecule has 0 bridgehead atoms. The van der Waals surface area contributed by atoms with Gasteiger partial charge in [-0.2, -0.15) is 0 Å². The Balaban J connectivity index is 2.10. The number of nitrogens with zero attached hydrogens (tertiary/aromatic N) is 1. The standard InChI is InChI=1S/C17H27ClN2/c1-3-11-19-16(17-15(18)6-5-12-20-17)14-9-7-13(4-2)8-10-14/h5-6,12-14,16,19H,3-4,7-11H2,1-2H3. The van der Waals surface area contributed by atoms with Gasteiger partial charge in [-0.3, -0.25) is 4.98 Å². The maximum absolute atomic E-state index is 6.37. The smallest absolute Gasteiger partial charge is 0.0761 e. The highest BCUT2D eigenvalue weighted by Crippen LogP contribution is 2.38. The molecule has 1 atom stereocenters. The SMILES string of the molecule is CCCNC(c1ncccc1Cl)C1CCC(CC)CC1. The predicted molar refractivity (Wildman–Crippen MR) is 86.0 cm³/mol. The van der Waals surface area contributed by atoms with E-state index in [1.54, 1.807) is 0 Å². The Morgan fingerprint density at radius 3 is 2.65 bits per heavy atom. The molecule has 1 fully saturated rings. The van der Waals surface area contributed by atoms with Gasteiger partial charge in [-0.25, -0.2) is 0 Å². The minimum Gasteiger partial charge on any atom is -0.308 e. The van der Waals surface area contributed by atoms with Crippen molar-refractivity contribution in [2.75, 3.05) is 6.54 Å². The first-order valence-corrected chi connectivity index (χ1v) is 8.47. The van der Waals surface area contributed by atoms with Crippen LogP contribution in [-0.2, 0) is 0 Å². The lowest BCUT2D eigenvalue weighted by Gasteiger charge is -2.34. The van der Waals surface area contributed by atoms with Crippen molar-refractivity contribution in [3.63, 3.8) is 0 Å². The first kappa shape index (κ1) is 15.8. The Hall–Kier alpha value is -0.600. The molecule has 0 radical (unpaired) electrons. The molecule has 0 saturated heterocycles. The predicted octanol–water partition coefficient (Wildman–Crippen LogP) is 4.99. The van der Waals surface area contributed by atoms with Crippen LogP contribution in [0.3, 0.4) is 0 Å². The molecule has 0 aliphatic heterocycles. The molecule has 20 heavy (non-hydrogen) atoms. The van der Waals surface area contributed by atoms with Gasteiger partial charge in [-0.1, -0.05) is 44.7 Å². The maximum atomic E-state index is 6.37. The van der Waals surface area contributed by atoms with Crippen molar-refractivity contribution in [1.29, 1.82) is 0 Å². The van der Waals surface area contributed by atoms with Gasteiger partial charge in [0.25, 0.3) is 0 Å². The molecule has 1 saturated carbocycles. The summed E-state index contributed by atoms with van der Waals surface area (Å²) in [5.41, 5.74) is 1.04. The second-order valence-corrected chi connectivity index (χ2v) is 6.40. The Kier molecular flexibility index (Phi) is 6.31. The van der Waals surface area contributed by atoms with Crippen LogP contribution in [0.2, 0.25) is 5.02 Å². The fourth-order valence-corrected chi connectivity index (χ4v) is 3.58. The van der Waals surface area contributed by atoms with Crippen molar-refractivity contribution >= 4 is 11.6 Å². The lowest BCUT2D eigenvalue weighted by Crippen LogP contribution is -2.32.